The topological polar surface area (TPSA) is 35.5 Å². The van der Waals surface area contributed by atoms with Gasteiger partial charge in [-0.3, -0.25) is 4.79 Å². The minimum atomic E-state index is 0.0475. The first-order chi connectivity index (χ1) is 8.76. The minimum Gasteiger partial charge on any atom is -0.496 e. The molecule has 0 unspecified atom stereocenters. The van der Waals surface area contributed by atoms with Gasteiger partial charge in [-0.1, -0.05) is 18.2 Å². The summed E-state index contributed by atoms with van der Waals surface area (Å²) in [5.74, 6) is 1.42. The number of Topliss-reactive ketones (excluding diaryl/α,β-unsaturated/α-hetero) is 1. The van der Waals surface area contributed by atoms with E-state index in [0.717, 1.165) is 11.3 Å². The first-order valence-corrected chi connectivity index (χ1v) is 6.40. The van der Waals surface area contributed by atoms with E-state index in [1.807, 2.05) is 29.6 Å². The third kappa shape index (κ3) is 2.54. The van der Waals surface area contributed by atoms with E-state index < -0.39 is 0 Å². The van der Waals surface area contributed by atoms with Crippen molar-refractivity contribution in [3.05, 3.63) is 46.2 Å². The van der Waals surface area contributed by atoms with Crippen molar-refractivity contribution in [1.82, 2.24) is 0 Å². The number of ether oxygens (including phenoxy) is 2. The van der Waals surface area contributed by atoms with E-state index >= 15 is 0 Å². The van der Waals surface area contributed by atoms with Crippen LogP contribution in [0, 0.1) is 0 Å². The number of rotatable bonds is 5. The predicted molar refractivity (Wildman–Crippen MR) is 71.9 cm³/mol. The molecule has 2 aromatic rings. The molecular weight excluding hydrogens is 248 g/mol. The fourth-order valence-corrected chi connectivity index (χ4v) is 2.56. The molecule has 0 amide bonds. The summed E-state index contributed by atoms with van der Waals surface area (Å²) in [5, 5.41) is 1.86. The van der Waals surface area contributed by atoms with Crippen LogP contribution in [0.3, 0.4) is 0 Å². The van der Waals surface area contributed by atoms with Crippen LogP contribution in [0.5, 0.6) is 11.5 Å². The molecule has 0 fully saturated rings. The van der Waals surface area contributed by atoms with E-state index in [1.54, 1.807) is 20.3 Å². The second-order valence-corrected chi connectivity index (χ2v) is 4.65. The van der Waals surface area contributed by atoms with Crippen molar-refractivity contribution in [2.75, 3.05) is 14.2 Å². The highest BCUT2D eigenvalue weighted by atomic mass is 32.1. The lowest BCUT2D eigenvalue weighted by Crippen LogP contribution is -2.04. The zero-order valence-electron chi connectivity index (χ0n) is 10.3. The molecular formula is C14H14O3S. The maximum atomic E-state index is 12.2. The van der Waals surface area contributed by atoms with Gasteiger partial charge in [0.1, 0.15) is 16.4 Å². The van der Waals surface area contributed by atoms with Gasteiger partial charge in [-0.2, -0.15) is 0 Å². The SMILES string of the molecule is COc1ccccc1CC(=O)c1sccc1OC. The number of carbonyl (C=O) groups is 1. The number of methoxy groups -OCH3 is 2. The van der Waals surface area contributed by atoms with Crippen molar-refractivity contribution < 1.29 is 14.3 Å². The summed E-state index contributed by atoms with van der Waals surface area (Å²) in [5.41, 5.74) is 0.889. The second-order valence-electron chi connectivity index (χ2n) is 3.73. The monoisotopic (exact) mass is 262 g/mol. The van der Waals surface area contributed by atoms with Gasteiger partial charge in [0.25, 0.3) is 0 Å². The standard InChI is InChI=1S/C14H14O3S/c1-16-12-6-4-3-5-10(12)9-11(15)14-13(17-2)7-8-18-14/h3-8H,9H2,1-2H3. The molecule has 1 aromatic carbocycles. The fraction of sp³-hybridized carbons (Fsp3) is 0.214. The summed E-state index contributed by atoms with van der Waals surface area (Å²) >= 11 is 1.40. The molecule has 0 aliphatic rings. The number of thiophene rings is 1. The van der Waals surface area contributed by atoms with Crippen LogP contribution in [0.4, 0.5) is 0 Å². The van der Waals surface area contributed by atoms with E-state index in [1.165, 1.54) is 11.3 Å². The summed E-state index contributed by atoms with van der Waals surface area (Å²) in [6.07, 6.45) is 0.320. The third-order valence-electron chi connectivity index (χ3n) is 2.65. The molecule has 18 heavy (non-hydrogen) atoms. The number of hydrogen-bond acceptors (Lipinski definition) is 4. The van der Waals surface area contributed by atoms with Gasteiger partial charge in [0, 0.05) is 12.0 Å². The van der Waals surface area contributed by atoms with Crippen LogP contribution in [0.1, 0.15) is 15.2 Å². The largest absolute Gasteiger partial charge is 0.496 e. The molecule has 1 aromatic heterocycles. The second kappa shape index (κ2) is 5.69. The van der Waals surface area contributed by atoms with Crippen LogP contribution >= 0.6 is 11.3 Å². The van der Waals surface area contributed by atoms with Crippen LogP contribution in [-0.2, 0) is 6.42 Å². The first kappa shape index (κ1) is 12.6. The molecule has 4 heteroatoms. The highest BCUT2D eigenvalue weighted by Gasteiger charge is 2.16. The number of para-hydroxylation sites is 1. The quantitative estimate of drug-likeness (QED) is 0.776. The average molecular weight is 262 g/mol. The lowest BCUT2D eigenvalue weighted by Gasteiger charge is -2.07. The molecule has 0 spiro atoms. The van der Waals surface area contributed by atoms with Crippen molar-refractivity contribution in [1.29, 1.82) is 0 Å². The van der Waals surface area contributed by atoms with Crippen molar-refractivity contribution in [3.8, 4) is 11.5 Å². The summed E-state index contributed by atoms with van der Waals surface area (Å²) in [4.78, 5) is 12.9. The van der Waals surface area contributed by atoms with Crippen molar-refractivity contribution in [2.24, 2.45) is 0 Å². The van der Waals surface area contributed by atoms with Gasteiger partial charge < -0.3 is 9.47 Å². The molecule has 0 bridgehead atoms. The Hall–Kier alpha value is -1.81. The van der Waals surface area contributed by atoms with Crippen LogP contribution < -0.4 is 9.47 Å². The molecule has 0 aliphatic carbocycles. The zero-order valence-corrected chi connectivity index (χ0v) is 11.1. The van der Waals surface area contributed by atoms with E-state index in [-0.39, 0.29) is 5.78 Å². The van der Waals surface area contributed by atoms with Crippen LogP contribution in [0.15, 0.2) is 35.7 Å². The number of hydrogen-bond donors (Lipinski definition) is 0. The Morgan fingerprint density at radius 1 is 1.11 bits per heavy atom. The Bertz CT molecular complexity index is 545. The molecule has 2 rings (SSSR count). The summed E-state index contributed by atoms with van der Waals surface area (Å²) in [6.45, 7) is 0. The summed E-state index contributed by atoms with van der Waals surface area (Å²) < 4.78 is 10.4. The van der Waals surface area contributed by atoms with Crippen LogP contribution in [0.25, 0.3) is 0 Å². The summed E-state index contributed by atoms with van der Waals surface area (Å²) in [6, 6.07) is 9.35. The zero-order chi connectivity index (χ0) is 13.0. The highest BCUT2D eigenvalue weighted by molar-refractivity contribution is 7.12. The van der Waals surface area contributed by atoms with Crippen LogP contribution in [0.2, 0.25) is 0 Å². The van der Waals surface area contributed by atoms with Gasteiger partial charge in [-0.15, -0.1) is 11.3 Å². The molecule has 3 nitrogen and oxygen atoms in total. The molecule has 0 aliphatic heterocycles. The summed E-state index contributed by atoms with van der Waals surface area (Å²) in [7, 11) is 3.18. The van der Waals surface area contributed by atoms with Gasteiger partial charge in [0.05, 0.1) is 14.2 Å². The molecule has 0 atom stereocenters. The molecule has 0 saturated carbocycles. The smallest absolute Gasteiger partial charge is 0.181 e. The van der Waals surface area contributed by atoms with E-state index in [4.69, 9.17) is 9.47 Å². The molecule has 1 heterocycles. The number of benzene rings is 1. The van der Waals surface area contributed by atoms with Gasteiger partial charge in [0.2, 0.25) is 0 Å². The molecule has 0 radical (unpaired) electrons. The molecule has 0 N–H and O–H groups in total. The van der Waals surface area contributed by atoms with Gasteiger partial charge in [-0.25, -0.2) is 0 Å². The maximum Gasteiger partial charge on any atom is 0.181 e. The molecule has 94 valence electrons. The molecule has 0 saturated heterocycles. The minimum absolute atomic E-state index is 0.0475. The maximum absolute atomic E-state index is 12.2. The third-order valence-corrected chi connectivity index (χ3v) is 3.58. The first-order valence-electron chi connectivity index (χ1n) is 5.53. The van der Waals surface area contributed by atoms with E-state index in [9.17, 15) is 4.79 Å². The predicted octanol–water partition coefficient (Wildman–Crippen LogP) is 3.19. The highest BCUT2D eigenvalue weighted by Crippen LogP contribution is 2.27. The lowest BCUT2D eigenvalue weighted by atomic mass is 10.1. The van der Waals surface area contributed by atoms with E-state index in [0.29, 0.717) is 17.0 Å². The van der Waals surface area contributed by atoms with E-state index in [2.05, 4.69) is 0 Å². The number of ketones is 1. The average Bonchev–Trinajstić information content (AvgIpc) is 2.87. The van der Waals surface area contributed by atoms with Crippen molar-refractivity contribution in [3.63, 3.8) is 0 Å². The Labute approximate surface area is 110 Å². The Morgan fingerprint density at radius 3 is 2.56 bits per heavy atom. The Morgan fingerprint density at radius 2 is 1.83 bits per heavy atom. The van der Waals surface area contributed by atoms with Crippen LogP contribution in [-0.4, -0.2) is 20.0 Å². The van der Waals surface area contributed by atoms with Gasteiger partial charge in [0.15, 0.2) is 5.78 Å². The van der Waals surface area contributed by atoms with Crippen molar-refractivity contribution in [2.45, 2.75) is 6.42 Å². The van der Waals surface area contributed by atoms with Gasteiger partial charge in [-0.05, 0) is 17.5 Å². The fourth-order valence-electron chi connectivity index (χ4n) is 1.76. The lowest BCUT2D eigenvalue weighted by molar-refractivity contribution is 0.0993. The van der Waals surface area contributed by atoms with Gasteiger partial charge >= 0.3 is 0 Å². The Kier molecular flexibility index (Phi) is 3.99. The Balaban J connectivity index is 2.21. The normalized spacial score (nSPS) is 10.1. The number of carbonyl (C=O) groups excluding carboxylic acids is 1. The van der Waals surface area contributed by atoms with Crippen molar-refractivity contribution >= 4 is 17.1 Å².